The first-order valence-electron chi connectivity index (χ1n) is 6.96. The van der Waals surface area contributed by atoms with Crippen molar-refractivity contribution in [2.45, 2.75) is 32.6 Å². The minimum atomic E-state index is -0.234. The number of halogens is 2. The third-order valence-electron chi connectivity index (χ3n) is 3.39. The Bertz CT molecular complexity index is 572. The van der Waals surface area contributed by atoms with Gasteiger partial charge in [-0.25, -0.2) is 4.39 Å². The highest BCUT2D eigenvalue weighted by Crippen LogP contribution is 2.30. The minimum Gasteiger partial charge on any atom is -0.207 e. The highest BCUT2D eigenvalue weighted by molar-refractivity contribution is 6.22. The van der Waals surface area contributed by atoms with Gasteiger partial charge in [0.05, 0.1) is 5.38 Å². The van der Waals surface area contributed by atoms with Crippen LogP contribution < -0.4 is 0 Å². The molecule has 0 amide bonds. The van der Waals surface area contributed by atoms with Gasteiger partial charge in [-0.1, -0.05) is 50.2 Å². The summed E-state index contributed by atoms with van der Waals surface area (Å²) in [5.74, 6) is 0.456. The van der Waals surface area contributed by atoms with E-state index in [9.17, 15) is 4.39 Å². The van der Waals surface area contributed by atoms with Gasteiger partial charge in [0.2, 0.25) is 0 Å². The standard InChI is InChI=1S/C18H20ClF/c1-12(2)10-14-4-6-15(7-5-14)18(19)16-8-9-17(20)13(3)11-16/h4-9,11-12,18H,10H2,1-3H3. The largest absolute Gasteiger partial charge is 0.207 e. The zero-order chi connectivity index (χ0) is 14.7. The Morgan fingerprint density at radius 1 is 1.00 bits per heavy atom. The molecule has 0 spiro atoms. The average molecular weight is 291 g/mol. The van der Waals surface area contributed by atoms with Crippen LogP contribution in [0.2, 0.25) is 0 Å². The fraction of sp³-hybridized carbons (Fsp3) is 0.333. The Morgan fingerprint density at radius 3 is 2.15 bits per heavy atom. The summed E-state index contributed by atoms with van der Waals surface area (Å²) in [5, 5.41) is -0.234. The predicted molar refractivity (Wildman–Crippen MR) is 83.8 cm³/mol. The summed E-state index contributed by atoms with van der Waals surface area (Å²) in [6.07, 6.45) is 1.07. The van der Waals surface area contributed by atoms with Gasteiger partial charge in [-0.3, -0.25) is 0 Å². The summed E-state index contributed by atoms with van der Waals surface area (Å²) in [7, 11) is 0. The Balaban J connectivity index is 2.20. The summed E-state index contributed by atoms with van der Waals surface area (Å²) < 4.78 is 13.3. The molecule has 0 saturated heterocycles. The molecule has 0 aliphatic heterocycles. The van der Waals surface area contributed by atoms with E-state index in [1.54, 1.807) is 13.0 Å². The molecule has 2 aromatic carbocycles. The van der Waals surface area contributed by atoms with Crippen molar-refractivity contribution in [2.24, 2.45) is 5.92 Å². The van der Waals surface area contributed by atoms with Crippen LogP contribution in [0.15, 0.2) is 42.5 Å². The maximum Gasteiger partial charge on any atom is 0.126 e. The molecule has 0 bridgehead atoms. The Hall–Kier alpha value is -1.34. The van der Waals surface area contributed by atoms with Gasteiger partial charge in [0, 0.05) is 0 Å². The van der Waals surface area contributed by atoms with Crippen LogP contribution in [0.1, 0.15) is 41.5 Å². The van der Waals surface area contributed by atoms with Gasteiger partial charge in [-0.15, -0.1) is 11.6 Å². The molecule has 0 N–H and O–H groups in total. The summed E-state index contributed by atoms with van der Waals surface area (Å²) in [6, 6.07) is 13.4. The van der Waals surface area contributed by atoms with E-state index in [1.807, 2.05) is 6.07 Å². The molecular formula is C18H20ClF. The van der Waals surface area contributed by atoms with Gasteiger partial charge in [0.1, 0.15) is 5.82 Å². The fourth-order valence-electron chi connectivity index (χ4n) is 2.31. The summed E-state index contributed by atoms with van der Waals surface area (Å²) in [6.45, 7) is 6.17. The molecule has 0 aromatic heterocycles. The highest BCUT2D eigenvalue weighted by Gasteiger charge is 2.12. The molecular weight excluding hydrogens is 271 g/mol. The number of aryl methyl sites for hydroxylation is 1. The molecule has 20 heavy (non-hydrogen) atoms. The van der Waals surface area contributed by atoms with Crippen molar-refractivity contribution in [1.29, 1.82) is 0 Å². The van der Waals surface area contributed by atoms with Crippen LogP contribution in [-0.4, -0.2) is 0 Å². The molecule has 0 nitrogen and oxygen atoms in total. The van der Waals surface area contributed by atoms with Crippen molar-refractivity contribution in [1.82, 2.24) is 0 Å². The molecule has 0 radical (unpaired) electrons. The second-order valence-corrected chi connectivity index (χ2v) is 6.15. The van der Waals surface area contributed by atoms with Crippen molar-refractivity contribution < 1.29 is 4.39 Å². The smallest absolute Gasteiger partial charge is 0.126 e. The topological polar surface area (TPSA) is 0 Å². The molecule has 2 rings (SSSR count). The van der Waals surface area contributed by atoms with Crippen LogP contribution in [0, 0.1) is 18.7 Å². The number of hydrogen-bond acceptors (Lipinski definition) is 0. The van der Waals surface area contributed by atoms with Crippen molar-refractivity contribution in [3.8, 4) is 0 Å². The number of alkyl halides is 1. The molecule has 0 heterocycles. The normalized spacial score (nSPS) is 12.7. The quantitative estimate of drug-likeness (QED) is 0.637. The maximum absolute atomic E-state index is 13.3. The monoisotopic (exact) mass is 290 g/mol. The van der Waals surface area contributed by atoms with E-state index >= 15 is 0 Å². The van der Waals surface area contributed by atoms with E-state index in [4.69, 9.17) is 11.6 Å². The van der Waals surface area contributed by atoms with Crippen molar-refractivity contribution >= 4 is 11.6 Å². The Morgan fingerprint density at radius 2 is 1.60 bits per heavy atom. The van der Waals surface area contributed by atoms with Gasteiger partial charge >= 0.3 is 0 Å². The second-order valence-electron chi connectivity index (χ2n) is 5.71. The number of hydrogen-bond donors (Lipinski definition) is 0. The van der Waals surface area contributed by atoms with Crippen LogP contribution in [0.5, 0.6) is 0 Å². The maximum atomic E-state index is 13.3. The fourth-order valence-corrected chi connectivity index (χ4v) is 2.59. The average Bonchev–Trinajstić information content (AvgIpc) is 2.41. The lowest BCUT2D eigenvalue weighted by Crippen LogP contribution is -1.97. The van der Waals surface area contributed by atoms with Gasteiger partial charge in [-0.2, -0.15) is 0 Å². The summed E-state index contributed by atoms with van der Waals surface area (Å²) in [5.41, 5.74) is 3.93. The lowest BCUT2D eigenvalue weighted by Gasteiger charge is -2.13. The predicted octanol–water partition coefficient (Wildman–Crippen LogP) is 5.66. The van der Waals surface area contributed by atoms with E-state index < -0.39 is 0 Å². The van der Waals surface area contributed by atoms with Crippen LogP contribution >= 0.6 is 11.6 Å². The lowest BCUT2D eigenvalue weighted by atomic mass is 9.98. The Kier molecular flexibility index (Phi) is 4.82. The zero-order valence-electron chi connectivity index (χ0n) is 12.2. The van der Waals surface area contributed by atoms with Crippen LogP contribution in [0.3, 0.4) is 0 Å². The molecule has 2 aromatic rings. The van der Waals surface area contributed by atoms with E-state index in [1.165, 1.54) is 11.6 Å². The van der Waals surface area contributed by atoms with Crippen LogP contribution in [0.25, 0.3) is 0 Å². The lowest BCUT2D eigenvalue weighted by molar-refractivity contribution is 0.617. The molecule has 2 heteroatoms. The third-order valence-corrected chi connectivity index (χ3v) is 3.89. The molecule has 1 unspecified atom stereocenters. The number of benzene rings is 2. The third kappa shape index (κ3) is 3.61. The van der Waals surface area contributed by atoms with E-state index in [2.05, 4.69) is 38.1 Å². The molecule has 0 fully saturated rings. The van der Waals surface area contributed by atoms with E-state index in [-0.39, 0.29) is 11.2 Å². The van der Waals surface area contributed by atoms with Crippen LogP contribution in [0.4, 0.5) is 4.39 Å². The molecule has 1 atom stereocenters. The van der Waals surface area contributed by atoms with E-state index in [0.29, 0.717) is 11.5 Å². The first-order chi connectivity index (χ1) is 9.47. The molecule has 0 saturated carbocycles. The van der Waals surface area contributed by atoms with Gasteiger partial charge < -0.3 is 0 Å². The van der Waals surface area contributed by atoms with Crippen molar-refractivity contribution in [3.05, 3.63) is 70.5 Å². The SMILES string of the molecule is Cc1cc(C(Cl)c2ccc(CC(C)C)cc2)ccc1F. The van der Waals surface area contributed by atoms with Crippen LogP contribution in [-0.2, 0) is 6.42 Å². The van der Waals surface area contributed by atoms with Gasteiger partial charge in [-0.05, 0) is 47.6 Å². The van der Waals surface area contributed by atoms with Crippen molar-refractivity contribution in [3.63, 3.8) is 0 Å². The first-order valence-corrected chi connectivity index (χ1v) is 7.40. The first kappa shape index (κ1) is 15.1. The molecule has 0 aliphatic carbocycles. The van der Waals surface area contributed by atoms with Gasteiger partial charge in [0.25, 0.3) is 0 Å². The molecule has 0 aliphatic rings. The minimum absolute atomic E-state index is 0.190. The van der Waals surface area contributed by atoms with E-state index in [0.717, 1.165) is 17.5 Å². The highest BCUT2D eigenvalue weighted by atomic mass is 35.5. The molecule has 106 valence electrons. The van der Waals surface area contributed by atoms with Crippen molar-refractivity contribution in [2.75, 3.05) is 0 Å². The van der Waals surface area contributed by atoms with Gasteiger partial charge in [0.15, 0.2) is 0 Å². The second kappa shape index (κ2) is 6.41. The number of rotatable bonds is 4. The summed E-state index contributed by atoms with van der Waals surface area (Å²) >= 11 is 6.49. The summed E-state index contributed by atoms with van der Waals surface area (Å²) in [4.78, 5) is 0. The zero-order valence-corrected chi connectivity index (χ0v) is 12.9. The Labute approximate surface area is 125 Å².